The molecule has 3 rings (SSSR count). The summed E-state index contributed by atoms with van der Waals surface area (Å²) in [5.74, 6) is 0.442. The summed E-state index contributed by atoms with van der Waals surface area (Å²) in [6.07, 6.45) is 2.81. The highest BCUT2D eigenvalue weighted by Crippen LogP contribution is 2.31. The van der Waals surface area contributed by atoms with Gasteiger partial charge in [0.05, 0.1) is 18.4 Å². The Morgan fingerprint density at radius 1 is 1.07 bits per heavy atom. The van der Waals surface area contributed by atoms with Crippen LogP contribution in [0.1, 0.15) is 20.7 Å². The second-order valence-electron chi connectivity index (χ2n) is 5.83. The zero-order chi connectivity index (χ0) is 19.9. The first-order chi connectivity index (χ1) is 13.6. The highest BCUT2D eigenvalue weighted by Gasteiger charge is 2.13. The van der Waals surface area contributed by atoms with E-state index in [1.165, 1.54) is 13.2 Å². The molecule has 0 aliphatic rings. The van der Waals surface area contributed by atoms with Crippen molar-refractivity contribution in [1.29, 1.82) is 0 Å². The van der Waals surface area contributed by atoms with Crippen molar-refractivity contribution in [2.45, 2.75) is 0 Å². The van der Waals surface area contributed by atoms with Gasteiger partial charge in [-0.2, -0.15) is 0 Å². The van der Waals surface area contributed by atoms with Crippen molar-refractivity contribution in [3.05, 3.63) is 90.6 Å². The average Bonchev–Trinajstić information content (AvgIpc) is 2.74. The van der Waals surface area contributed by atoms with E-state index in [2.05, 4.69) is 22.2 Å². The van der Waals surface area contributed by atoms with E-state index in [1.54, 1.807) is 60.8 Å². The molecule has 0 saturated heterocycles. The minimum atomic E-state index is -0.247. The van der Waals surface area contributed by atoms with E-state index < -0.39 is 0 Å². The smallest absolute Gasteiger partial charge is 0.255 e. The van der Waals surface area contributed by atoms with E-state index in [0.29, 0.717) is 34.1 Å². The molecular weight excluding hydrogens is 354 g/mol. The minimum Gasteiger partial charge on any atom is -0.495 e. The molecule has 0 unspecified atom stereocenters. The van der Waals surface area contributed by atoms with Gasteiger partial charge in [-0.25, -0.2) is 4.98 Å². The number of carbonyl (C=O) groups excluding carboxylic acids is 2. The lowest BCUT2D eigenvalue weighted by atomic mass is 10.1. The van der Waals surface area contributed by atoms with Crippen molar-refractivity contribution >= 4 is 28.9 Å². The largest absolute Gasteiger partial charge is 0.495 e. The molecule has 1 amide bonds. The molecule has 2 N–H and O–H groups in total. The van der Waals surface area contributed by atoms with Crippen LogP contribution in [0.25, 0.3) is 0 Å². The van der Waals surface area contributed by atoms with E-state index in [1.807, 2.05) is 6.07 Å². The molecule has 1 heterocycles. The maximum absolute atomic E-state index is 12.4. The molecule has 0 atom stereocenters. The quantitative estimate of drug-likeness (QED) is 0.472. The Labute approximate surface area is 162 Å². The van der Waals surface area contributed by atoms with Crippen LogP contribution in [0.5, 0.6) is 5.75 Å². The van der Waals surface area contributed by atoms with Crippen molar-refractivity contribution < 1.29 is 14.3 Å². The number of methoxy groups -OCH3 is 1. The lowest BCUT2D eigenvalue weighted by Gasteiger charge is -2.14. The third-order valence-electron chi connectivity index (χ3n) is 4.00. The van der Waals surface area contributed by atoms with Crippen LogP contribution in [0.2, 0.25) is 0 Å². The number of amides is 1. The van der Waals surface area contributed by atoms with Crippen LogP contribution >= 0.6 is 0 Å². The number of rotatable bonds is 7. The van der Waals surface area contributed by atoms with Gasteiger partial charge >= 0.3 is 0 Å². The molecule has 0 radical (unpaired) electrons. The molecule has 0 bridgehead atoms. The number of nitrogens with zero attached hydrogens (tertiary/aromatic N) is 1. The summed E-state index contributed by atoms with van der Waals surface area (Å²) in [6.45, 7) is 3.52. The zero-order valence-corrected chi connectivity index (χ0v) is 15.3. The number of aromatic nitrogens is 1. The summed E-state index contributed by atoms with van der Waals surface area (Å²) in [7, 11) is 1.54. The number of nitrogens with one attached hydrogen (secondary N) is 2. The topological polar surface area (TPSA) is 80.3 Å². The fourth-order valence-corrected chi connectivity index (χ4v) is 2.62. The molecule has 0 aliphatic carbocycles. The Balaban J connectivity index is 1.89. The Bertz CT molecular complexity index is 1020. The van der Waals surface area contributed by atoms with Gasteiger partial charge in [0.2, 0.25) is 0 Å². The molecule has 3 aromatic rings. The number of hydrogen-bond acceptors (Lipinski definition) is 5. The monoisotopic (exact) mass is 373 g/mol. The van der Waals surface area contributed by atoms with Crippen LogP contribution in [0.4, 0.5) is 17.2 Å². The lowest BCUT2D eigenvalue weighted by molar-refractivity contribution is 0.102. The number of carbonyl (C=O) groups is 2. The fourth-order valence-electron chi connectivity index (χ4n) is 2.62. The lowest BCUT2D eigenvalue weighted by Crippen LogP contribution is -2.12. The Kier molecular flexibility index (Phi) is 5.81. The van der Waals surface area contributed by atoms with Crippen LogP contribution in [0.15, 0.2) is 79.5 Å². The number of pyridine rings is 1. The van der Waals surface area contributed by atoms with Crippen molar-refractivity contribution in [3.63, 3.8) is 0 Å². The summed E-state index contributed by atoms with van der Waals surface area (Å²) in [5, 5.41) is 5.95. The average molecular weight is 373 g/mol. The molecule has 6 heteroatoms. The maximum Gasteiger partial charge on any atom is 0.255 e. The summed E-state index contributed by atoms with van der Waals surface area (Å²) >= 11 is 0. The predicted octanol–water partition coefficient (Wildman–Crippen LogP) is 4.45. The van der Waals surface area contributed by atoms with Crippen LogP contribution in [-0.4, -0.2) is 23.8 Å². The predicted molar refractivity (Wildman–Crippen MR) is 109 cm³/mol. The molecule has 0 fully saturated rings. The maximum atomic E-state index is 12.4. The van der Waals surface area contributed by atoms with Crippen molar-refractivity contribution in [2.24, 2.45) is 0 Å². The third kappa shape index (κ3) is 4.24. The molecule has 0 saturated carbocycles. The van der Waals surface area contributed by atoms with Gasteiger partial charge in [0.1, 0.15) is 11.6 Å². The van der Waals surface area contributed by atoms with E-state index in [0.717, 1.165) is 0 Å². The van der Waals surface area contributed by atoms with Gasteiger partial charge in [-0.3, -0.25) is 9.59 Å². The van der Waals surface area contributed by atoms with Crippen LogP contribution < -0.4 is 15.4 Å². The summed E-state index contributed by atoms with van der Waals surface area (Å²) in [5.41, 5.74) is 2.07. The number of anilines is 3. The van der Waals surface area contributed by atoms with Crippen molar-refractivity contribution in [1.82, 2.24) is 4.98 Å². The fraction of sp³-hybridized carbons (Fsp3) is 0.0455. The van der Waals surface area contributed by atoms with Crippen molar-refractivity contribution in [2.75, 3.05) is 17.7 Å². The normalized spacial score (nSPS) is 10.0. The molecular formula is C22H19N3O3. The second-order valence-corrected chi connectivity index (χ2v) is 5.83. The second kappa shape index (κ2) is 8.64. The SMILES string of the molecule is C=CC(=O)c1cccnc1Nc1cc(NC(=O)c2ccccc2)ccc1OC. The summed E-state index contributed by atoms with van der Waals surface area (Å²) < 4.78 is 5.38. The molecule has 140 valence electrons. The van der Waals surface area contributed by atoms with Crippen LogP contribution in [0, 0.1) is 0 Å². The molecule has 2 aromatic carbocycles. The number of allylic oxidation sites excluding steroid dienone is 1. The van der Waals surface area contributed by atoms with Gasteiger partial charge in [0, 0.05) is 17.4 Å². The van der Waals surface area contributed by atoms with E-state index in [9.17, 15) is 9.59 Å². The van der Waals surface area contributed by atoms with Gasteiger partial charge in [0.15, 0.2) is 5.78 Å². The highest BCUT2D eigenvalue weighted by atomic mass is 16.5. The first-order valence-corrected chi connectivity index (χ1v) is 8.55. The summed E-state index contributed by atoms with van der Waals surface area (Å²) in [4.78, 5) is 28.7. The van der Waals surface area contributed by atoms with Gasteiger partial charge in [-0.15, -0.1) is 0 Å². The Hall–Kier alpha value is -3.93. The number of hydrogen-bond donors (Lipinski definition) is 2. The molecule has 1 aromatic heterocycles. The summed E-state index contributed by atoms with van der Waals surface area (Å²) in [6, 6.07) is 17.4. The van der Waals surface area contributed by atoms with Gasteiger partial charge in [-0.1, -0.05) is 24.8 Å². The van der Waals surface area contributed by atoms with Crippen LogP contribution in [-0.2, 0) is 0 Å². The number of ether oxygens (including phenoxy) is 1. The number of ketones is 1. The van der Waals surface area contributed by atoms with E-state index in [-0.39, 0.29) is 11.7 Å². The third-order valence-corrected chi connectivity index (χ3v) is 4.00. The van der Waals surface area contributed by atoms with E-state index in [4.69, 9.17) is 4.74 Å². The minimum absolute atomic E-state index is 0.225. The van der Waals surface area contributed by atoms with Crippen molar-refractivity contribution in [3.8, 4) is 5.75 Å². The standard InChI is InChI=1S/C22H19N3O3/c1-3-19(26)17-10-7-13-23-21(17)25-18-14-16(11-12-20(18)28-2)24-22(27)15-8-5-4-6-9-15/h3-14H,1H2,2H3,(H,23,25)(H,24,27). The van der Waals surface area contributed by atoms with Gasteiger partial charge in [0.25, 0.3) is 5.91 Å². The van der Waals surface area contributed by atoms with Gasteiger partial charge < -0.3 is 15.4 Å². The Morgan fingerprint density at radius 2 is 1.86 bits per heavy atom. The van der Waals surface area contributed by atoms with Crippen LogP contribution in [0.3, 0.4) is 0 Å². The number of benzene rings is 2. The van der Waals surface area contributed by atoms with E-state index >= 15 is 0 Å². The molecule has 0 spiro atoms. The van der Waals surface area contributed by atoms with Gasteiger partial charge in [-0.05, 0) is 48.5 Å². The Morgan fingerprint density at radius 3 is 2.57 bits per heavy atom. The molecule has 28 heavy (non-hydrogen) atoms. The highest BCUT2D eigenvalue weighted by molar-refractivity contribution is 6.08. The first kappa shape index (κ1) is 18.8. The molecule has 6 nitrogen and oxygen atoms in total. The first-order valence-electron chi connectivity index (χ1n) is 8.55. The zero-order valence-electron chi connectivity index (χ0n) is 15.3. The molecule has 0 aliphatic heterocycles.